The van der Waals surface area contributed by atoms with E-state index in [1.54, 1.807) is 0 Å². The quantitative estimate of drug-likeness (QED) is 0.675. The minimum atomic E-state index is -0.163. The molecule has 0 fully saturated rings. The van der Waals surface area contributed by atoms with Crippen molar-refractivity contribution in [2.45, 2.75) is 58.3 Å². The molecule has 0 aliphatic carbocycles. The molecule has 0 aromatic heterocycles. The van der Waals surface area contributed by atoms with E-state index in [-0.39, 0.29) is 39.9 Å². The fourth-order valence-electron chi connectivity index (χ4n) is 1.26. The molecular weight excluding hydrogens is 310 g/mol. The van der Waals surface area contributed by atoms with Crippen molar-refractivity contribution in [1.29, 1.82) is 0 Å². The summed E-state index contributed by atoms with van der Waals surface area (Å²) in [4.78, 5) is 10.4. The van der Waals surface area contributed by atoms with E-state index in [1.807, 2.05) is 0 Å². The lowest BCUT2D eigenvalue weighted by Crippen LogP contribution is -2.09. The molecule has 0 saturated heterocycles. The fourth-order valence-corrected chi connectivity index (χ4v) is 1.26. The van der Waals surface area contributed by atoms with E-state index in [4.69, 9.17) is 5.73 Å². The molecule has 0 atom stereocenters. The molecular formula is C10H23Br2NO. The van der Waals surface area contributed by atoms with Gasteiger partial charge in [0.05, 0.1) is 0 Å². The van der Waals surface area contributed by atoms with Crippen molar-refractivity contribution < 1.29 is 4.79 Å². The summed E-state index contributed by atoms with van der Waals surface area (Å²) < 4.78 is 0. The van der Waals surface area contributed by atoms with Crippen LogP contribution in [-0.2, 0) is 4.79 Å². The number of hydrogen-bond donors (Lipinski definition) is 1. The maximum absolute atomic E-state index is 10.4. The van der Waals surface area contributed by atoms with Gasteiger partial charge in [-0.05, 0) is 6.42 Å². The van der Waals surface area contributed by atoms with Crippen LogP contribution in [0.25, 0.3) is 0 Å². The summed E-state index contributed by atoms with van der Waals surface area (Å²) in [6.07, 6.45) is 9.24. The average molecular weight is 333 g/mol. The first kappa shape index (κ1) is 19.9. The Balaban J connectivity index is -0.000000605. The number of hydrogen-bond acceptors (Lipinski definition) is 1. The zero-order valence-corrected chi connectivity index (χ0v) is 12.4. The summed E-state index contributed by atoms with van der Waals surface area (Å²) in [7, 11) is 0. The van der Waals surface area contributed by atoms with E-state index in [2.05, 4.69) is 6.92 Å². The topological polar surface area (TPSA) is 43.1 Å². The van der Waals surface area contributed by atoms with Gasteiger partial charge in [0.15, 0.2) is 0 Å². The van der Waals surface area contributed by atoms with Gasteiger partial charge in [-0.15, -0.1) is 34.0 Å². The Hall–Kier alpha value is 0.430. The van der Waals surface area contributed by atoms with Crippen molar-refractivity contribution in [3.63, 3.8) is 0 Å². The second-order valence-electron chi connectivity index (χ2n) is 3.34. The number of halogens is 2. The summed E-state index contributed by atoms with van der Waals surface area (Å²) in [5.41, 5.74) is 5.02. The molecule has 0 aliphatic rings. The van der Waals surface area contributed by atoms with Crippen LogP contribution in [-0.4, -0.2) is 5.91 Å². The van der Waals surface area contributed by atoms with Gasteiger partial charge in [0.25, 0.3) is 0 Å². The SMILES string of the molecule is Br.Br.CCCCCCCCCC(N)=O. The van der Waals surface area contributed by atoms with E-state index in [9.17, 15) is 4.79 Å². The first-order valence-corrected chi connectivity index (χ1v) is 5.05. The molecule has 0 spiro atoms. The lowest BCUT2D eigenvalue weighted by atomic mass is 10.1. The fraction of sp³-hybridized carbons (Fsp3) is 0.900. The highest BCUT2D eigenvalue weighted by Gasteiger charge is 1.94. The Morgan fingerprint density at radius 3 is 1.79 bits per heavy atom. The molecule has 0 radical (unpaired) electrons. The normalized spacial score (nSPS) is 8.64. The van der Waals surface area contributed by atoms with E-state index in [0.717, 1.165) is 12.8 Å². The Morgan fingerprint density at radius 2 is 1.36 bits per heavy atom. The Labute approximate surface area is 109 Å². The van der Waals surface area contributed by atoms with Crippen molar-refractivity contribution in [2.24, 2.45) is 5.73 Å². The molecule has 0 rings (SSSR count). The van der Waals surface area contributed by atoms with Crippen LogP contribution in [0.4, 0.5) is 0 Å². The highest BCUT2D eigenvalue weighted by Crippen LogP contribution is 2.07. The maximum Gasteiger partial charge on any atom is 0.217 e. The van der Waals surface area contributed by atoms with E-state index >= 15 is 0 Å². The van der Waals surface area contributed by atoms with Crippen molar-refractivity contribution in [1.82, 2.24) is 0 Å². The molecule has 0 aliphatic heterocycles. The minimum absolute atomic E-state index is 0. The Bertz CT molecular complexity index is 121. The molecule has 1 amide bonds. The molecule has 0 aromatic carbocycles. The number of primary amides is 1. The predicted molar refractivity (Wildman–Crippen MR) is 72.4 cm³/mol. The largest absolute Gasteiger partial charge is 0.370 e. The monoisotopic (exact) mass is 331 g/mol. The van der Waals surface area contributed by atoms with Crippen molar-refractivity contribution in [3.05, 3.63) is 0 Å². The summed E-state index contributed by atoms with van der Waals surface area (Å²) in [5, 5.41) is 0. The third-order valence-electron chi connectivity index (χ3n) is 2.03. The lowest BCUT2D eigenvalue weighted by Gasteiger charge is -1.98. The molecule has 14 heavy (non-hydrogen) atoms. The van der Waals surface area contributed by atoms with Gasteiger partial charge in [0.2, 0.25) is 5.91 Å². The Kier molecular flexibility index (Phi) is 22.6. The molecule has 88 valence electrons. The molecule has 4 heteroatoms. The molecule has 0 aromatic rings. The summed E-state index contributed by atoms with van der Waals surface area (Å²) in [6, 6.07) is 0. The standard InChI is InChI=1S/C10H21NO.2BrH/c1-2-3-4-5-6-7-8-9-10(11)12;;/h2-9H2,1H3,(H2,11,12);2*1H. The first-order valence-electron chi connectivity index (χ1n) is 5.05. The first-order chi connectivity index (χ1) is 5.77. The van der Waals surface area contributed by atoms with Crippen LogP contribution in [0, 0.1) is 0 Å². The average Bonchev–Trinajstić information content (AvgIpc) is 2.02. The van der Waals surface area contributed by atoms with Crippen LogP contribution >= 0.6 is 34.0 Å². The number of carbonyl (C=O) groups is 1. The number of unbranched alkanes of at least 4 members (excludes halogenated alkanes) is 6. The van der Waals surface area contributed by atoms with Gasteiger partial charge in [0, 0.05) is 6.42 Å². The molecule has 0 unspecified atom stereocenters. The second-order valence-corrected chi connectivity index (χ2v) is 3.34. The van der Waals surface area contributed by atoms with Crippen LogP contribution < -0.4 is 5.73 Å². The summed E-state index contributed by atoms with van der Waals surface area (Å²) >= 11 is 0. The molecule has 0 bridgehead atoms. The zero-order valence-electron chi connectivity index (χ0n) is 8.96. The van der Waals surface area contributed by atoms with Gasteiger partial charge in [-0.3, -0.25) is 4.79 Å². The third kappa shape index (κ3) is 18.3. The number of amides is 1. The van der Waals surface area contributed by atoms with Crippen LogP contribution in [0.1, 0.15) is 58.3 Å². The smallest absolute Gasteiger partial charge is 0.217 e. The molecule has 2 N–H and O–H groups in total. The number of nitrogens with two attached hydrogens (primary N) is 1. The van der Waals surface area contributed by atoms with Crippen LogP contribution in [0.15, 0.2) is 0 Å². The lowest BCUT2D eigenvalue weighted by molar-refractivity contribution is -0.118. The van der Waals surface area contributed by atoms with Gasteiger partial charge in [-0.1, -0.05) is 45.4 Å². The molecule has 0 heterocycles. The molecule has 2 nitrogen and oxygen atoms in total. The van der Waals surface area contributed by atoms with Gasteiger partial charge in [-0.2, -0.15) is 0 Å². The predicted octanol–water partition coefficient (Wildman–Crippen LogP) is 3.77. The zero-order chi connectivity index (χ0) is 9.23. The van der Waals surface area contributed by atoms with Crippen LogP contribution in [0.3, 0.4) is 0 Å². The number of rotatable bonds is 8. The van der Waals surface area contributed by atoms with Gasteiger partial charge in [-0.25, -0.2) is 0 Å². The summed E-state index contributed by atoms with van der Waals surface area (Å²) in [6.45, 7) is 2.22. The minimum Gasteiger partial charge on any atom is -0.370 e. The molecule has 0 saturated carbocycles. The second kappa shape index (κ2) is 15.9. The van der Waals surface area contributed by atoms with Gasteiger partial charge < -0.3 is 5.73 Å². The van der Waals surface area contributed by atoms with Crippen molar-refractivity contribution >= 4 is 39.9 Å². The van der Waals surface area contributed by atoms with Crippen molar-refractivity contribution in [2.75, 3.05) is 0 Å². The number of carbonyl (C=O) groups excluding carboxylic acids is 1. The van der Waals surface area contributed by atoms with Gasteiger partial charge >= 0.3 is 0 Å². The van der Waals surface area contributed by atoms with Crippen molar-refractivity contribution in [3.8, 4) is 0 Å². The van der Waals surface area contributed by atoms with E-state index in [1.165, 1.54) is 32.1 Å². The van der Waals surface area contributed by atoms with Gasteiger partial charge in [0.1, 0.15) is 0 Å². The van der Waals surface area contributed by atoms with E-state index < -0.39 is 0 Å². The highest BCUT2D eigenvalue weighted by molar-refractivity contribution is 8.93. The highest BCUT2D eigenvalue weighted by atomic mass is 79.9. The van der Waals surface area contributed by atoms with E-state index in [0.29, 0.717) is 6.42 Å². The maximum atomic E-state index is 10.4. The summed E-state index contributed by atoms with van der Waals surface area (Å²) in [5.74, 6) is -0.163. The Morgan fingerprint density at radius 1 is 0.929 bits per heavy atom. The van der Waals surface area contributed by atoms with Crippen LogP contribution in [0.2, 0.25) is 0 Å². The third-order valence-corrected chi connectivity index (χ3v) is 2.03. The van der Waals surface area contributed by atoms with Crippen LogP contribution in [0.5, 0.6) is 0 Å².